The Morgan fingerprint density at radius 1 is 1.43 bits per heavy atom. The summed E-state index contributed by atoms with van der Waals surface area (Å²) in [5.74, 6) is 2.56. The molecule has 0 saturated carbocycles. The number of aliphatic hydroxyl groups is 1. The summed E-state index contributed by atoms with van der Waals surface area (Å²) in [7, 11) is 0. The van der Waals surface area contributed by atoms with Gasteiger partial charge in [0.25, 0.3) is 0 Å². The summed E-state index contributed by atoms with van der Waals surface area (Å²) in [6.45, 7) is 3.84. The Hall–Kier alpha value is -1.52. The maximum Gasteiger partial charge on any atom is 0.0503 e. The number of hydrogen-bond acceptors (Lipinski definition) is 1. The fraction of sp³-hybridized carbons (Fsp3) is 0.231. The highest BCUT2D eigenvalue weighted by molar-refractivity contribution is 5.27. The van der Waals surface area contributed by atoms with E-state index in [1.165, 1.54) is 0 Å². The van der Waals surface area contributed by atoms with Crippen LogP contribution in [0.3, 0.4) is 0 Å². The highest BCUT2D eigenvalue weighted by Gasteiger charge is 2.10. The highest BCUT2D eigenvalue weighted by atomic mass is 16.3. The normalized spacial score (nSPS) is 11.7. The van der Waals surface area contributed by atoms with Crippen molar-refractivity contribution < 1.29 is 5.11 Å². The average molecular weight is 186 g/mol. The molecule has 0 spiro atoms. The van der Waals surface area contributed by atoms with Gasteiger partial charge in [0.1, 0.15) is 0 Å². The summed E-state index contributed by atoms with van der Waals surface area (Å²) in [6.07, 6.45) is 5.87. The summed E-state index contributed by atoms with van der Waals surface area (Å²) >= 11 is 0. The van der Waals surface area contributed by atoms with Gasteiger partial charge in [0.2, 0.25) is 0 Å². The van der Waals surface area contributed by atoms with Gasteiger partial charge in [0.05, 0.1) is 6.61 Å². The van der Waals surface area contributed by atoms with Gasteiger partial charge in [0.15, 0.2) is 0 Å². The molecule has 1 nitrogen and oxygen atoms in total. The van der Waals surface area contributed by atoms with Crippen LogP contribution in [0.1, 0.15) is 17.9 Å². The van der Waals surface area contributed by atoms with Crippen molar-refractivity contribution in [3.05, 3.63) is 48.0 Å². The number of aliphatic hydroxyl groups excluding tert-OH is 1. The molecule has 1 atom stereocenters. The average Bonchev–Trinajstić information content (AvgIpc) is 2.26. The molecule has 1 heteroatoms. The number of benzene rings is 1. The Labute approximate surface area is 85.1 Å². The molecule has 1 N–H and O–H groups in total. The van der Waals surface area contributed by atoms with Crippen LogP contribution in [0.15, 0.2) is 42.5 Å². The molecule has 1 aromatic rings. The lowest BCUT2D eigenvalue weighted by Gasteiger charge is -2.13. The number of terminal acetylenes is 1. The van der Waals surface area contributed by atoms with Crippen molar-refractivity contribution in [2.45, 2.75) is 12.3 Å². The lowest BCUT2D eigenvalue weighted by molar-refractivity contribution is 0.265. The van der Waals surface area contributed by atoms with Crippen LogP contribution in [0.2, 0.25) is 0 Å². The zero-order chi connectivity index (χ0) is 10.4. The number of hydrogen-bond donors (Lipinski definition) is 1. The third-order valence-corrected chi connectivity index (χ3v) is 2.19. The molecule has 1 rings (SSSR count). The van der Waals surface area contributed by atoms with E-state index in [9.17, 15) is 5.11 Å². The Morgan fingerprint density at radius 2 is 2.07 bits per heavy atom. The Kier molecular flexibility index (Phi) is 3.97. The molecular formula is C13H14O. The number of allylic oxidation sites excluding steroid dienone is 1. The minimum absolute atomic E-state index is 0.0692. The molecule has 0 bridgehead atoms. The van der Waals surface area contributed by atoms with E-state index in [4.69, 9.17) is 6.42 Å². The maximum atomic E-state index is 9.21. The van der Waals surface area contributed by atoms with E-state index in [1.54, 1.807) is 0 Å². The summed E-state index contributed by atoms with van der Waals surface area (Å²) in [5, 5.41) is 9.21. The van der Waals surface area contributed by atoms with E-state index < -0.39 is 0 Å². The van der Waals surface area contributed by atoms with Crippen molar-refractivity contribution in [2.24, 2.45) is 0 Å². The number of rotatable bonds is 4. The van der Waals surface area contributed by atoms with Crippen LogP contribution in [-0.4, -0.2) is 11.7 Å². The first-order chi connectivity index (χ1) is 6.77. The van der Waals surface area contributed by atoms with Gasteiger partial charge < -0.3 is 5.11 Å². The first-order valence-electron chi connectivity index (χ1n) is 4.58. The van der Waals surface area contributed by atoms with Gasteiger partial charge in [-0.25, -0.2) is 0 Å². The minimum atomic E-state index is 0.0692. The third-order valence-electron chi connectivity index (χ3n) is 2.19. The minimum Gasteiger partial charge on any atom is -0.396 e. The van der Waals surface area contributed by atoms with Crippen LogP contribution >= 0.6 is 0 Å². The predicted octanol–water partition coefficient (Wildman–Crippen LogP) is 2.34. The van der Waals surface area contributed by atoms with E-state index >= 15 is 0 Å². The Morgan fingerprint density at radius 3 is 2.57 bits per heavy atom. The van der Waals surface area contributed by atoms with Crippen LogP contribution in [-0.2, 0) is 0 Å². The summed E-state index contributed by atoms with van der Waals surface area (Å²) < 4.78 is 0. The van der Waals surface area contributed by atoms with Crippen LogP contribution in [0, 0.1) is 12.3 Å². The molecule has 72 valence electrons. The van der Waals surface area contributed by atoms with E-state index in [2.05, 4.69) is 12.5 Å². The van der Waals surface area contributed by atoms with Crippen LogP contribution in [0.5, 0.6) is 0 Å². The van der Waals surface area contributed by atoms with E-state index in [1.807, 2.05) is 30.3 Å². The first-order valence-corrected chi connectivity index (χ1v) is 4.58. The molecule has 1 aromatic carbocycles. The van der Waals surface area contributed by atoms with Crippen molar-refractivity contribution in [3.63, 3.8) is 0 Å². The zero-order valence-electron chi connectivity index (χ0n) is 8.11. The smallest absolute Gasteiger partial charge is 0.0503 e. The monoisotopic (exact) mass is 186 g/mol. The molecule has 0 heterocycles. The van der Waals surface area contributed by atoms with Gasteiger partial charge in [-0.15, -0.1) is 6.42 Å². The van der Waals surface area contributed by atoms with E-state index in [0.29, 0.717) is 6.42 Å². The van der Waals surface area contributed by atoms with Crippen molar-refractivity contribution in [1.82, 2.24) is 0 Å². The van der Waals surface area contributed by atoms with Gasteiger partial charge in [0, 0.05) is 5.92 Å². The molecule has 0 aliphatic rings. The molecule has 0 saturated heterocycles. The SMILES string of the molecule is C#CC(=C)C[C@@H](CO)c1ccccc1. The lowest BCUT2D eigenvalue weighted by Crippen LogP contribution is -2.04. The fourth-order valence-corrected chi connectivity index (χ4v) is 1.37. The molecule has 14 heavy (non-hydrogen) atoms. The summed E-state index contributed by atoms with van der Waals surface area (Å²) in [6, 6.07) is 9.84. The van der Waals surface area contributed by atoms with Gasteiger partial charge in [-0.1, -0.05) is 42.8 Å². The van der Waals surface area contributed by atoms with Crippen LogP contribution < -0.4 is 0 Å². The molecule has 0 unspecified atom stereocenters. The van der Waals surface area contributed by atoms with Crippen LogP contribution in [0.25, 0.3) is 0 Å². The molecule has 0 radical (unpaired) electrons. The van der Waals surface area contributed by atoms with Crippen molar-refractivity contribution >= 4 is 0 Å². The van der Waals surface area contributed by atoms with Gasteiger partial charge >= 0.3 is 0 Å². The standard InChI is InChI=1S/C13H14O/c1-3-11(2)9-13(10-14)12-7-5-4-6-8-12/h1,4-8,13-14H,2,9-10H2/t13-/m0/s1. The maximum absolute atomic E-state index is 9.21. The van der Waals surface area contributed by atoms with Crippen molar-refractivity contribution in [2.75, 3.05) is 6.61 Å². The second-order valence-corrected chi connectivity index (χ2v) is 3.24. The van der Waals surface area contributed by atoms with Gasteiger partial charge in [-0.05, 0) is 17.6 Å². The second kappa shape index (κ2) is 5.26. The molecule has 0 aromatic heterocycles. The Bertz CT molecular complexity index is 332. The van der Waals surface area contributed by atoms with Crippen LogP contribution in [0.4, 0.5) is 0 Å². The largest absolute Gasteiger partial charge is 0.396 e. The zero-order valence-corrected chi connectivity index (χ0v) is 8.11. The molecule has 0 aliphatic heterocycles. The summed E-state index contributed by atoms with van der Waals surface area (Å²) in [5.41, 5.74) is 1.83. The lowest BCUT2D eigenvalue weighted by atomic mass is 9.93. The van der Waals surface area contributed by atoms with E-state index in [-0.39, 0.29) is 12.5 Å². The quantitative estimate of drug-likeness (QED) is 0.715. The first kappa shape index (κ1) is 10.6. The van der Waals surface area contributed by atoms with E-state index in [0.717, 1.165) is 11.1 Å². The summed E-state index contributed by atoms with van der Waals surface area (Å²) in [4.78, 5) is 0. The molecule has 0 fully saturated rings. The Balaban J connectivity index is 2.74. The molecule has 0 aliphatic carbocycles. The third kappa shape index (κ3) is 2.76. The fourth-order valence-electron chi connectivity index (χ4n) is 1.37. The molecular weight excluding hydrogens is 172 g/mol. The second-order valence-electron chi connectivity index (χ2n) is 3.24. The van der Waals surface area contributed by atoms with Crippen molar-refractivity contribution in [1.29, 1.82) is 0 Å². The highest BCUT2D eigenvalue weighted by Crippen LogP contribution is 2.21. The predicted molar refractivity (Wildman–Crippen MR) is 58.9 cm³/mol. The van der Waals surface area contributed by atoms with Crippen molar-refractivity contribution in [3.8, 4) is 12.3 Å². The molecule has 0 amide bonds. The topological polar surface area (TPSA) is 20.2 Å². The van der Waals surface area contributed by atoms with Gasteiger partial charge in [-0.2, -0.15) is 0 Å². The van der Waals surface area contributed by atoms with Gasteiger partial charge in [-0.3, -0.25) is 0 Å².